The molecule has 0 amide bonds. The fraction of sp³-hybridized carbons (Fsp3) is 1.00. The lowest BCUT2D eigenvalue weighted by Gasteiger charge is -2.06. The fourth-order valence-electron chi connectivity index (χ4n) is 0.197. The van der Waals surface area contributed by atoms with Gasteiger partial charge in [-0.05, 0) is 0 Å². The molecule has 56 valence electrons. The molecule has 0 aromatic rings. The van der Waals surface area contributed by atoms with Crippen LogP contribution in [0.3, 0.4) is 0 Å². The minimum Gasteiger partial charge on any atom is -0.389 e. The highest BCUT2D eigenvalue weighted by molar-refractivity contribution is 7.39. The summed E-state index contributed by atoms with van der Waals surface area (Å²) >= 11 is 5.15. The van der Waals surface area contributed by atoms with E-state index in [2.05, 4.69) is 4.52 Å². The lowest BCUT2D eigenvalue weighted by atomic mass is 10.4. The Morgan fingerprint density at radius 3 is 2.44 bits per heavy atom. The second-order valence-electron chi connectivity index (χ2n) is 1.36. The highest BCUT2D eigenvalue weighted by atomic mass is 35.5. The average molecular weight is 175 g/mol. The van der Waals surface area contributed by atoms with Crippen LogP contribution in [-0.4, -0.2) is 33.5 Å². The molecule has 0 bridgehead atoms. The molecule has 0 radical (unpaired) electrons. The Morgan fingerprint density at radius 1 is 1.56 bits per heavy atom. The summed E-state index contributed by atoms with van der Waals surface area (Å²) in [6, 6.07) is 0. The van der Waals surface area contributed by atoms with Crippen molar-refractivity contribution in [1.82, 2.24) is 0 Å². The van der Waals surface area contributed by atoms with E-state index in [-0.39, 0.29) is 12.5 Å². The van der Waals surface area contributed by atoms with Gasteiger partial charge < -0.3 is 19.4 Å². The van der Waals surface area contributed by atoms with Crippen LogP contribution < -0.4 is 0 Å². The van der Waals surface area contributed by atoms with E-state index in [1.165, 1.54) is 0 Å². The number of hydrogen-bond acceptors (Lipinski definition) is 4. The number of rotatable bonds is 4. The molecule has 0 aliphatic heterocycles. The molecule has 0 saturated carbocycles. The molecule has 0 rings (SSSR count). The van der Waals surface area contributed by atoms with Gasteiger partial charge in [0.2, 0.25) is 0 Å². The molecule has 0 heterocycles. The third-order valence-electron chi connectivity index (χ3n) is 0.561. The Kier molecular flexibility index (Phi) is 5.69. The summed E-state index contributed by atoms with van der Waals surface area (Å²) in [7, 11) is -2.36. The molecular weight excluding hydrogens is 166 g/mol. The zero-order valence-corrected chi connectivity index (χ0v) is 6.22. The van der Waals surface area contributed by atoms with Gasteiger partial charge in [-0.15, -0.1) is 11.6 Å². The topological polar surface area (TPSA) is 69.9 Å². The monoisotopic (exact) mass is 174 g/mol. The van der Waals surface area contributed by atoms with Gasteiger partial charge in [0, 0.05) is 0 Å². The third kappa shape index (κ3) is 6.45. The first-order valence-corrected chi connectivity index (χ1v) is 3.91. The van der Waals surface area contributed by atoms with Crippen LogP contribution in [0.25, 0.3) is 0 Å². The van der Waals surface area contributed by atoms with E-state index >= 15 is 0 Å². The standard InChI is InChI=1S/C3H8ClO4P/c4-1-3(5)2-8-9(6)7/h3,5-7H,1-2H2. The number of aliphatic hydroxyl groups is 1. The largest absolute Gasteiger partial charge is 0.389 e. The second kappa shape index (κ2) is 5.35. The smallest absolute Gasteiger partial charge is 0.327 e. The fourth-order valence-corrected chi connectivity index (χ4v) is 0.592. The van der Waals surface area contributed by atoms with Crippen molar-refractivity contribution < 1.29 is 19.4 Å². The van der Waals surface area contributed by atoms with Crippen molar-refractivity contribution >= 4 is 20.2 Å². The van der Waals surface area contributed by atoms with Crippen molar-refractivity contribution in [2.75, 3.05) is 12.5 Å². The zero-order chi connectivity index (χ0) is 7.28. The molecule has 9 heavy (non-hydrogen) atoms. The Hall–Kier alpha value is 0.560. The van der Waals surface area contributed by atoms with Crippen molar-refractivity contribution in [2.24, 2.45) is 0 Å². The normalized spacial score (nSPS) is 14.3. The van der Waals surface area contributed by atoms with Gasteiger partial charge in [0.25, 0.3) is 0 Å². The summed E-state index contributed by atoms with van der Waals surface area (Å²) in [4.78, 5) is 16.3. The predicted molar refractivity (Wildman–Crippen MR) is 34.0 cm³/mol. The predicted octanol–water partition coefficient (Wildman–Crippen LogP) is -0.186. The second-order valence-corrected chi connectivity index (χ2v) is 2.43. The Balaban J connectivity index is 3.06. The highest BCUT2D eigenvalue weighted by Gasteiger charge is 2.05. The lowest BCUT2D eigenvalue weighted by Crippen LogP contribution is -2.14. The van der Waals surface area contributed by atoms with Gasteiger partial charge in [-0.2, -0.15) is 0 Å². The van der Waals surface area contributed by atoms with Crippen LogP contribution in [0.2, 0.25) is 0 Å². The highest BCUT2D eigenvalue weighted by Crippen LogP contribution is 2.23. The number of alkyl halides is 1. The van der Waals surface area contributed by atoms with E-state index in [0.29, 0.717) is 0 Å². The molecule has 0 spiro atoms. The van der Waals surface area contributed by atoms with Crippen LogP contribution in [0.1, 0.15) is 0 Å². The van der Waals surface area contributed by atoms with E-state index in [4.69, 9.17) is 26.5 Å². The number of halogens is 1. The summed E-state index contributed by atoms with van der Waals surface area (Å²) in [6.45, 7) is -0.137. The van der Waals surface area contributed by atoms with Gasteiger partial charge in [-0.1, -0.05) is 0 Å². The summed E-state index contributed by atoms with van der Waals surface area (Å²) < 4.78 is 4.24. The molecular formula is C3H8ClO4P. The van der Waals surface area contributed by atoms with Crippen LogP contribution in [0.5, 0.6) is 0 Å². The first-order chi connectivity index (χ1) is 4.16. The van der Waals surface area contributed by atoms with Crippen molar-refractivity contribution in [2.45, 2.75) is 6.10 Å². The Morgan fingerprint density at radius 2 is 2.11 bits per heavy atom. The average Bonchev–Trinajstić information content (AvgIpc) is 1.83. The lowest BCUT2D eigenvalue weighted by molar-refractivity contribution is 0.115. The van der Waals surface area contributed by atoms with Crippen molar-refractivity contribution in [1.29, 1.82) is 0 Å². The number of aliphatic hydroxyl groups excluding tert-OH is 1. The number of hydrogen-bond donors (Lipinski definition) is 3. The SMILES string of the molecule is OC(CCl)COP(O)O. The molecule has 0 aromatic carbocycles. The van der Waals surface area contributed by atoms with E-state index in [1.54, 1.807) is 0 Å². The molecule has 0 fully saturated rings. The molecule has 0 saturated heterocycles. The quantitative estimate of drug-likeness (QED) is 0.408. The maximum atomic E-state index is 8.64. The molecule has 0 aliphatic carbocycles. The van der Waals surface area contributed by atoms with Crippen LogP contribution in [0.4, 0.5) is 0 Å². The van der Waals surface area contributed by atoms with Crippen LogP contribution in [0.15, 0.2) is 0 Å². The summed E-state index contributed by atoms with van der Waals surface area (Å²) in [5.74, 6) is 0.0309. The minimum atomic E-state index is -2.36. The van der Waals surface area contributed by atoms with Gasteiger partial charge in [0.05, 0.1) is 18.6 Å². The van der Waals surface area contributed by atoms with Gasteiger partial charge in [-0.25, -0.2) is 0 Å². The minimum absolute atomic E-state index is 0.0309. The van der Waals surface area contributed by atoms with Crippen molar-refractivity contribution in [3.63, 3.8) is 0 Å². The van der Waals surface area contributed by atoms with Gasteiger partial charge in [0.1, 0.15) is 0 Å². The van der Waals surface area contributed by atoms with Crippen molar-refractivity contribution in [3.05, 3.63) is 0 Å². The molecule has 1 atom stereocenters. The van der Waals surface area contributed by atoms with Gasteiger partial charge >= 0.3 is 8.60 Å². The van der Waals surface area contributed by atoms with Crippen LogP contribution in [0, 0.1) is 0 Å². The molecule has 3 N–H and O–H groups in total. The summed E-state index contributed by atoms with van der Waals surface area (Å²) in [5, 5.41) is 8.64. The van der Waals surface area contributed by atoms with Crippen molar-refractivity contribution in [3.8, 4) is 0 Å². The Labute approximate surface area is 59.0 Å². The third-order valence-corrected chi connectivity index (χ3v) is 1.30. The van der Waals surface area contributed by atoms with Gasteiger partial charge in [-0.3, -0.25) is 0 Å². The van der Waals surface area contributed by atoms with E-state index in [1.807, 2.05) is 0 Å². The van der Waals surface area contributed by atoms with Gasteiger partial charge in [0.15, 0.2) is 0 Å². The first-order valence-electron chi connectivity index (χ1n) is 2.21. The van der Waals surface area contributed by atoms with E-state index in [9.17, 15) is 0 Å². The maximum absolute atomic E-state index is 8.64. The molecule has 4 nitrogen and oxygen atoms in total. The zero-order valence-electron chi connectivity index (χ0n) is 4.57. The van der Waals surface area contributed by atoms with Crippen LogP contribution >= 0.6 is 20.2 Å². The molecule has 0 aromatic heterocycles. The van der Waals surface area contributed by atoms with E-state index < -0.39 is 14.7 Å². The first kappa shape index (κ1) is 9.56. The summed E-state index contributed by atoms with van der Waals surface area (Å²) in [6.07, 6.45) is -0.823. The molecule has 0 aliphatic rings. The van der Waals surface area contributed by atoms with Crippen LogP contribution in [-0.2, 0) is 4.52 Å². The van der Waals surface area contributed by atoms with E-state index in [0.717, 1.165) is 0 Å². The molecule has 1 unspecified atom stereocenters. The Bertz CT molecular complexity index is 70.8. The molecule has 6 heteroatoms. The summed E-state index contributed by atoms with van der Waals surface area (Å²) in [5.41, 5.74) is 0. The maximum Gasteiger partial charge on any atom is 0.327 e.